The van der Waals surface area contributed by atoms with Crippen LogP contribution >= 0.6 is 23.1 Å². The van der Waals surface area contributed by atoms with Gasteiger partial charge in [-0.2, -0.15) is 4.31 Å². The van der Waals surface area contributed by atoms with E-state index in [0.29, 0.717) is 17.2 Å². The SMILES string of the molecule is CCc1ccc(S(=O)(=O)N2CCC(N3C(=O)CSC3=O)C2)s1. The molecule has 0 aromatic carbocycles. The van der Waals surface area contributed by atoms with Gasteiger partial charge in [-0.3, -0.25) is 14.5 Å². The molecule has 1 aromatic rings. The lowest BCUT2D eigenvalue weighted by molar-refractivity contribution is -0.126. The molecular formula is C13H16N2O4S3. The van der Waals surface area contributed by atoms with Crippen LogP contribution in [-0.2, 0) is 21.2 Å². The van der Waals surface area contributed by atoms with E-state index in [1.165, 1.54) is 20.5 Å². The summed E-state index contributed by atoms with van der Waals surface area (Å²) in [6.45, 7) is 2.52. The molecule has 0 radical (unpaired) electrons. The number of nitrogens with zero attached hydrogens (tertiary/aromatic N) is 2. The third-order valence-corrected chi connectivity index (χ3v) is 8.25. The first-order chi connectivity index (χ1) is 10.4. The first kappa shape index (κ1) is 16.0. The van der Waals surface area contributed by atoms with Crippen molar-refractivity contribution in [2.75, 3.05) is 18.8 Å². The van der Waals surface area contributed by atoms with Crippen LogP contribution in [0.25, 0.3) is 0 Å². The van der Waals surface area contributed by atoms with Crippen LogP contribution in [0.5, 0.6) is 0 Å². The molecule has 6 nitrogen and oxygen atoms in total. The van der Waals surface area contributed by atoms with E-state index in [1.54, 1.807) is 6.07 Å². The lowest BCUT2D eigenvalue weighted by atomic mass is 10.2. The highest BCUT2D eigenvalue weighted by atomic mass is 32.2. The van der Waals surface area contributed by atoms with Gasteiger partial charge in [-0.05, 0) is 25.0 Å². The standard InChI is InChI=1S/C13H16N2O4S3/c1-2-10-3-4-12(21-10)22(18,19)14-6-5-9(7-14)15-11(16)8-20-13(15)17/h3-4,9H,2,5-8H2,1H3. The number of carbonyl (C=O) groups is 2. The average Bonchev–Trinajstić information content (AvgIpc) is 3.19. The fraction of sp³-hybridized carbons (Fsp3) is 0.538. The summed E-state index contributed by atoms with van der Waals surface area (Å²) in [5.41, 5.74) is 0. The number of thiophene rings is 1. The van der Waals surface area contributed by atoms with Crippen LogP contribution in [0, 0.1) is 0 Å². The molecule has 120 valence electrons. The Kier molecular flexibility index (Phi) is 4.32. The van der Waals surface area contributed by atoms with Gasteiger partial charge in [-0.25, -0.2) is 8.42 Å². The second-order valence-corrected chi connectivity index (χ2v) is 9.46. The fourth-order valence-electron chi connectivity index (χ4n) is 2.67. The Balaban J connectivity index is 1.77. The van der Waals surface area contributed by atoms with Crippen molar-refractivity contribution in [1.82, 2.24) is 9.21 Å². The van der Waals surface area contributed by atoms with Crippen molar-refractivity contribution in [2.24, 2.45) is 0 Å². The van der Waals surface area contributed by atoms with Gasteiger partial charge in [0.25, 0.3) is 15.3 Å². The van der Waals surface area contributed by atoms with E-state index < -0.39 is 10.0 Å². The Bertz CT molecular complexity index is 697. The molecule has 0 N–H and O–H groups in total. The molecule has 0 saturated carbocycles. The van der Waals surface area contributed by atoms with Crippen molar-refractivity contribution in [3.63, 3.8) is 0 Å². The Hall–Kier alpha value is -0.900. The van der Waals surface area contributed by atoms with E-state index in [2.05, 4.69) is 0 Å². The van der Waals surface area contributed by atoms with Crippen molar-refractivity contribution in [3.8, 4) is 0 Å². The van der Waals surface area contributed by atoms with Gasteiger partial charge in [-0.1, -0.05) is 18.7 Å². The zero-order valence-electron chi connectivity index (χ0n) is 12.0. The van der Waals surface area contributed by atoms with E-state index in [9.17, 15) is 18.0 Å². The van der Waals surface area contributed by atoms with Crippen molar-refractivity contribution in [1.29, 1.82) is 0 Å². The van der Waals surface area contributed by atoms with Crippen LogP contribution in [0.15, 0.2) is 16.3 Å². The molecule has 3 rings (SSSR count). The highest BCUT2D eigenvalue weighted by molar-refractivity contribution is 8.14. The van der Waals surface area contributed by atoms with E-state index in [1.807, 2.05) is 13.0 Å². The molecule has 2 aliphatic rings. The van der Waals surface area contributed by atoms with Crippen LogP contribution in [0.3, 0.4) is 0 Å². The summed E-state index contributed by atoms with van der Waals surface area (Å²) in [5.74, 6) is -0.0593. The Morgan fingerprint density at radius 3 is 2.68 bits per heavy atom. The summed E-state index contributed by atoms with van der Waals surface area (Å²) in [7, 11) is -3.53. The van der Waals surface area contributed by atoms with Gasteiger partial charge in [0.1, 0.15) is 4.21 Å². The molecule has 9 heteroatoms. The number of rotatable bonds is 4. The summed E-state index contributed by atoms with van der Waals surface area (Å²) >= 11 is 2.26. The Labute approximate surface area is 137 Å². The zero-order valence-corrected chi connectivity index (χ0v) is 14.5. The van der Waals surface area contributed by atoms with Gasteiger partial charge in [0.05, 0.1) is 11.8 Å². The fourth-order valence-corrected chi connectivity index (χ4v) is 6.39. The summed E-state index contributed by atoms with van der Waals surface area (Å²) in [6.07, 6.45) is 1.31. The van der Waals surface area contributed by atoms with E-state index in [4.69, 9.17) is 0 Å². The first-order valence-electron chi connectivity index (χ1n) is 7.01. The maximum atomic E-state index is 12.6. The highest BCUT2D eigenvalue weighted by Crippen LogP contribution is 2.31. The number of aryl methyl sites for hydroxylation is 1. The van der Waals surface area contributed by atoms with Crippen LogP contribution < -0.4 is 0 Å². The lowest BCUT2D eigenvalue weighted by Gasteiger charge is -2.21. The Morgan fingerprint density at radius 1 is 1.32 bits per heavy atom. The van der Waals surface area contributed by atoms with E-state index in [0.717, 1.165) is 23.1 Å². The maximum Gasteiger partial charge on any atom is 0.289 e. The smallest absolute Gasteiger partial charge is 0.273 e. The summed E-state index contributed by atoms with van der Waals surface area (Å²) in [4.78, 5) is 25.8. The van der Waals surface area contributed by atoms with Crippen LogP contribution in [-0.4, -0.2) is 53.7 Å². The highest BCUT2D eigenvalue weighted by Gasteiger charge is 2.42. The quantitative estimate of drug-likeness (QED) is 0.818. The molecule has 22 heavy (non-hydrogen) atoms. The summed E-state index contributed by atoms with van der Waals surface area (Å²) in [5, 5.41) is -0.265. The van der Waals surface area contributed by atoms with Crippen molar-refractivity contribution < 1.29 is 18.0 Å². The van der Waals surface area contributed by atoms with Gasteiger partial charge in [0.15, 0.2) is 0 Å². The molecule has 2 fully saturated rings. The molecule has 1 atom stereocenters. The number of sulfonamides is 1. The molecule has 3 heterocycles. The molecule has 0 bridgehead atoms. The molecule has 0 spiro atoms. The third kappa shape index (κ3) is 2.70. The second kappa shape index (κ2) is 5.95. The summed E-state index contributed by atoms with van der Waals surface area (Å²) in [6, 6.07) is 3.12. The zero-order chi connectivity index (χ0) is 15.9. The summed E-state index contributed by atoms with van der Waals surface area (Å²) < 4.78 is 27.0. The van der Waals surface area contributed by atoms with Crippen molar-refractivity contribution >= 4 is 44.3 Å². The number of carbonyl (C=O) groups excluding carboxylic acids is 2. The van der Waals surface area contributed by atoms with Crippen LogP contribution in [0.1, 0.15) is 18.2 Å². The minimum Gasteiger partial charge on any atom is -0.273 e. The normalized spacial score (nSPS) is 23.7. The monoisotopic (exact) mass is 360 g/mol. The molecule has 1 unspecified atom stereocenters. The minimum absolute atomic E-state index is 0.160. The predicted molar refractivity (Wildman–Crippen MR) is 85.6 cm³/mol. The number of hydrogen-bond acceptors (Lipinski definition) is 6. The van der Waals surface area contributed by atoms with Crippen molar-refractivity contribution in [2.45, 2.75) is 30.0 Å². The van der Waals surface area contributed by atoms with Gasteiger partial charge in [0.2, 0.25) is 5.91 Å². The number of imide groups is 1. The topological polar surface area (TPSA) is 74.8 Å². The molecule has 2 saturated heterocycles. The number of amides is 2. The minimum atomic E-state index is -3.53. The second-order valence-electron chi connectivity index (χ2n) is 5.20. The average molecular weight is 360 g/mol. The van der Waals surface area contributed by atoms with Crippen molar-refractivity contribution in [3.05, 3.63) is 17.0 Å². The first-order valence-corrected chi connectivity index (χ1v) is 10.3. The van der Waals surface area contributed by atoms with Crippen LogP contribution in [0.4, 0.5) is 4.79 Å². The third-order valence-electron chi connectivity index (χ3n) is 3.86. The number of thioether (sulfide) groups is 1. The van der Waals surface area contributed by atoms with Gasteiger partial charge in [0, 0.05) is 18.0 Å². The van der Waals surface area contributed by atoms with Crippen LogP contribution in [0.2, 0.25) is 0 Å². The van der Waals surface area contributed by atoms with Gasteiger partial charge in [-0.15, -0.1) is 11.3 Å². The van der Waals surface area contributed by atoms with E-state index in [-0.39, 0.29) is 29.5 Å². The molecule has 2 aliphatic heterocycles. The molecular weight excluding hydrogens is 344 g/mol. The maximum absolute atomic E-state index is 12.6. The largest absolute Gasteiger partial charge is 0.289 e. The molecule has 1 aromatic heterocycles. The van der Waals surface area contributed by atoms with Gasteiger partial charge >= 0.3 is 0 Å². The van der Waals surface area contributed by atoms with E-state index >= 15 is 0 Å². The van der Waals surface area contributed by atoms with Gasteiger partial charge < -0.3 is 0 Å². The Morgan fingerprint density at radius 2 is 2.09 bits per heavy atom. The molecule has 0 aliphatic carbocycles. The predicted octanol–water partition coefficient (Wildman–Crippen LogP) is 1.77. The number of hydrogen-bond donors (Lipinski definition) is 0. The molecule has 2 amide bonds. The lowest BCUT2D eigenvalue weighted by Crippen LogP contribution is -2.41.